The topological polar surface area (TPSA) is 61.8 Å². The van der Waals surface area contributed by atoms with Crippen LogP contribution in [0.5, 0.6) is 0 Å². The lowest BCUT2D eigenvalue weighted by atomic mass is 10.2. The number of alkyl carbamates (subject to hydrolysis) is 1. The highest BCUT2D eigenvalue weighted by Gasteiger charge is 2.34. The van der Waals surface area contributed by atoms with E-state index in [1.807, 2.05) is 20.8 Å². The highest BCUT2D eigenvalue weighted by atomic mass is 16.6. The Morgan fingerprint density at radius 1 is 1.41 bits per heavy atom. The van der Waals surface area contributed by atoms with Crippen LogP contribution in [0, 0.1) is 0 Å². The second-order valence-corrected chi connectivity index (χ2v) is 5.87. The van der Waals surface area contributed by atoms with E-state index >= 15 is 0 Å². The summed E-state index contributed by atoms with van der Waals surface area (Å²) in [6.45, 7) is 10.9. The molecule has 1 heterocycles. The van der Waals surface area contributed by atoms with Crippen molar-refractivity contribution in [3.63, 3.8) is 0 Å². The van der Waals surface area contributed by atoms with Crippen LogP contribution in [-0.4, -0.2) is 53.0 Å². The number of likely N-dealkylation sites (tertiary alicyclic amines) is 1. The maximum Gasteiger partial charge on any atom is 0.408 e. The fourth-order valence-electron chi connectivity index (χ4n) is 1.84. The first-order valence-corrected chi connectivity index (χ1v) is 6.10. The van der Waals surface area contributed by atoms with Crippen LogP contribution in [0.1, 0.15) is 34.6 Å². The third-order valence-electron chi connectivity index (χ3n) is 2.75. The Balaban J connectivity index is 2.45. The first-order chi connectivity index (χ1) is 7.69. The molecule has 5 heteroatoms. The molecule has 0 saturated carbocycles. The molecule has 100 valence electrons. The summed E-state index contributed by atoms with van der Waals surface area (Å²) in [6.07, 6.45) is -0.989. The second-order valence-electron chi connectivity index (χ2n) is 5.87. The van der Waals surface area contributed by atoms with Gasteiger partial charge in [0.05, 0.1) is 12.1 Å². The Kier molecular flexibility index (Phi) is 4.38. The molecular weight excluding hydrogens is 220 g/mol. The van der Waals surface area contributed by atoms with Gasteiger partial charge in [0.25, 0.3) is 0 Å². The van der Waals surface area contributed by atoms with Crippen molar-refractivity contribution in [3.8, 4) is 0 Å². The number of carbonyl (C=O) groups is 1. The lowest BCUT2D eigenvalue weighted by Crippen LogP contribution is -2.45. The van der Waals surface area contributed by atoms with Gasteiger partial charge in [0, 0.05) is 19.1 Å². The molecule has 2 N–H and O–H groups in total. The number of hydrogen-bond acceptors (Lipinski definition) is 4. The molecule has 1 fully saturated rings. The molecule has 17 heavy (non-hydrogen) atoms. The maximum atomic E-state index is 11.6. The minimum Gasteiger partial charge on any atom is -0.444 e. The molecule has 1 aliphatic heterocycles. The number of rotatable bonds is 2. The van der Waals surface area contributed by atoms with Crippen LogP contribution in [0.25, 0.3) is 0 Å². The van der Waals surface area contributed by atoms with Gasteiger partial charge in [0.2, 0.25) is 0 Å². The molecule has 0 spiro atoms. The molecule has 0 unspecified atom stereocenters. The maximum absolute atomic E-state index is 11.6. The average Bonchev–Trinajstić information content (AvgIpc) is 2.44. The molecule has 1 aliphatic rings. The number of amides is 1. The molecule has 1 amide bonds. The smallest absolute Gasteiger partial charge is 0.408 e. The van der Waals surface area contributed by atoms with E-state index in [1.54, 1.807) is 0 Å². The molecule has 0 aromatic rings. The molecule has 0 bridgehead atoms. The van der Waals surface area contributed by atoms with Gasteiger partial charge in [-0.2, -0.15) is 0 Å². The molecule has 0 aromatic heterocycles. The zero-order valence-electron chi connectivity index (χ0n) is 11.4. The summed E-state index contributed by atoms with van der Waals surface area (Å²) in [7, 11) is 0. The lowest BCUT2D eigenvalue weighted by molar-refractivity contribution is 0.0461. The quantitative estimate of drug-likeness (QED) is 0.759. The van der Waals surface area contributed by atoms with E-state index in [9.17, 15) is 9.90 Å². The summed E-state index contributed by atoms with van der Waals surface area (Å²) in [5, 5.41) is 12.6. The van der Waals surface area contributed by atoms with Gasteiger partial charge in [-0.15, -0.1) is 0 Å². The molecular formula is C12H24N2O3. The minimum atomic E-state index is -0.523. The standard InChI is InChI=1S/C12H24N2O3/c1-8(2)14-6-9(10(15)7-14)13-11(16)17-12(3,4)5/h8-10,15H,6-7H2,1-5H3,(H,13,16)/t9-,10-/m1/s1. The van der Waals surface area contributed by atoms with E-state index in [1.165, 1.54) is 0 Å². The fourth-order valence-corrected chi connectivity index (χ4v) is 1.84. The molecule has 1 rings (SSSR count). The van der Waals surface area contributed by atoms with Crippen molar-refractivity contribution in [1.82, 2.24) is 10.2 Å². The molecule has 1 saturated heterocycles. The number of aliphatic hydroxyl groups excluding tert-OH is 1. The summed E-state index contributed by atoms with van der Waals surface area (Å²) in [5.41, 5.74) is -0.509. The van der Waals surface area contributed by atoms with Gasteiger partial charge >= 0.3 is 6.09 Å². The number of aliphatic hydroxyl groups is 1. The van der Waals surface area contributed by atoms with E-state index in [4.69, 9.17) is 4.74 Å². The summed E-state index contributed by atoms with van der Waals surface area (Å²) in [5.74, 6) is 0. The summed E-state index contributed by atoms with van der Waals surface area (Å²) < 4.78 is 5.16. The van der Waals surface area contributed by atoms with Crippen molar-refractivity contribution in [2.45, 2.75) is 58.4 Å². The van der Waals surface area contributed by atoms with Gasteiger partial charge in [-0.25, -0.2) is 4.79 Å². The monoisotopic (exact) mass is 244 g/mol. The predicted octanol–water partition coefficient (Wildman–Crippen LogP) is 0.965. The molecule has 0 aromatic carbocycles. The lowest BCUT2D eigenvalue weighted by Gasteiger charge is -2.23. The van der Waals surface area contributed by atoms with Crippen molar-refractivity contribution in [1.29, 1.82) is 0 Å². The van der Waals surface area contributed by atoms with Gasteiger partial charge in [0.1, 0.15) is 5.60 Å². The zero-order valence-corrected chi connectivity index (χ0v) is 11.4. The number of carbonyl (C=O) groups excluding carboxylic acids is 1. The highest BCUT2D eigenvalue weighted by molar-refractivity contribution is 5.68. The van der Waals surface area contributed by atoms with Crippen LogP contribution in [0.2, 0.25) is 0 Å². The van der Waals surface area contributed by atoms with E-state index in [2.05, 4.69) is 24.1 Å². The minimum absolute atomic E-state index is 0.243. The van der Waals surface area contributed by atoms with E-state index < -0.39 is 17.8 Å². The summed E-state index contributed by atoms with van der Waals surface area (Å²) >= 11 is 0. The van der Waals surface area contributed by atoms with Crippen LogP contribution >= 0.6 is 0 Å². The normalized spacial score (nSPS) is 26.3. The Labute approximate surface area is 103 Å². The van der Waals surface area contributed by atoms with Gasteiger partial charge in [-0.3, -0.25) is 4.90 Å². The zero-order chi connectivity index (χ0) is 13.2. The van der Waals surface area contributed by atoms with Crippen LogP contribution in [0.3, 0.4) is 0 Å². The number of nitrogens with one attached hydrogen (secondary N) is 1. The average molecular weight is 244 g/mol. The summed E-state index contributed by atoms with van der Waals surface area (Å²) in [6, 6.07) is 0.127. The Morgan fingerprint density at radius 3 is 2.41 bits per heavy atom. The van der Waals surface area contributed by atoms with Gasteiger partial charge < -0.3 is 15.2 Å². The van der Waals surface area contributed by atoms with Crippen molar-refractivity contribution >= 4 is 6.09 Å². The third-order valence-corrected chi connectivity index (χ3v) is 2.75. The number of ether oxygens (including phenoxy) is 1. The Hall–Kier alpha value is -0.810. The van der Waals surface area contributed by atoms with Gasteiger partial charge in [0.15, 0.2) is 0 Å². The molecule has 0 aliphatic carbocycles. The summed E-state index contributed by atoms with van der Waals surface area (Å²) in [4.78, 5) is 13.7. The Morgan fingerprint density at radius 2 is 2.00 bits per heavy atom. The number of nitrogens with zero attached hydrogens (tertiary/aromatic N) is 1. The van der Waals surface area contributed by atoms with Crippen molar-refractivity contribution in [2.75, 3.05) is 13.1 Å². The Bertz CT molecular complexity index is 273. The van der Waals surface area contributed by atoms with Gasteiger partial charge in [-0.05, 0) is 34.6 Å². The number of hydrogen-bond donors (Lipinski definition) is 2. The van der Waals surface area contributed by atoms with Crippen LogP contribution in [0.4, 0.5) is 4.79 Å². The van der Waals surface area contributed by atoms with Crippen molar-refractivity contribution in [2.24, 2.45) is 0 Å². The SMILES string of the molecule is CC(C)N1C[C@@H](O)[C@H](NC(=O)OC(C)(C)C)C1. The van der Waals surface area contributed by atoms with Gasteiger partial charge in [-0.1, -0.05) is 0 Å². The van der Waals surface area contributed by atoms with Crippen LogP contribution in [0.15, 0.2) is 0 Å². The van der Waals surface area contributed by atoms with Crippen molar-refractivity contribution < 1.29 is 14.6 Å². The molecule has 0 radical (unpaired) electrons. The van der Waals surface area contributed by atoms with E-state index in [0.29, 0.717) is 19.1 Å². The molecule has 5 nitrogen and oxygen atoms in total. The fraction of sp³-hybridized carbons (Fsp3) is 0.917. The largest absolute Gasteiger partial charge is 0.444 e. The van der Waals surface area contributed by atoms with Crippen LogP contribution in [-0.2, 0) is 4.74 Å². The second kappa shape index (κ2) is 5.23. The number of β-amino-alcohol motifs (C(OH)–C–C–N with tert-alkyl or cyclic N) is 1. The predicted molar refractivity (Wildman–Crippen MR) is 65.9 cm³/mol. The van der Waals surface area contributed by atoms with Crippen LogP contribution < -0.4 is 5.32 Å². The van der Waals surface area contributed by atoms with Crippen molar-refractivity contribution in [3.05, 3.63) is 0 Å². The first-order valence-electron chi connectivity index (χ1n) is 6.10. The highest BCUT2D eigenvalue weighted by Crippen LogP contribution is 2.14. The van der Waals surface area contributed by atoms with E-state index in [0.717, 1.165) is 0 Å². The third kappa shape index (κ3) is 4.52. The first kappa shape index (κ1) is 14.3. The molecule has 2 atom stereocenters. The van der Waals surface area contributed by atoms with E-state index in [-0.39, 0.29) is 6.04 Å².